The lowest BCUT2D eigenvalue weighted by Gasteiger charge is -2.39. The van der Waals surface area contributed by atoms with E-state index in [0.29, 0.717) is 0 Å². The van der Waals surface area contributed by atoms with E-state index in [2.05, 4.69) is 159 Å². The van der Waals surface area contributed by atoms with Crippen LogP contribution in [0.15, 0.2) is 146 Å². The van der Waals surface area contributed by atoms with Crippen molar-refractivity contribution in [3.63, 3.8) is 0 Å². The second kappa shape index (κ2) is 8.81. The van der Waals surface area contributed by atoms with E-state index in [0.717, 1.165) is 11.5 Å². The highest BCUT2D eigenvalue weighted by Crippen LogP contribution is 2.56. The van der Waals surface area contributed by atoms with E-state index >= 15 is 0 Å². The Labute approximate surface area is 241 Å². The molecule has 8 rings (SSSR count). The van der Waals surface area contributed by atoms with E-state index < -0.39 is 0 Å². The van der Waals surface area contributed by atoms with Gasteiger partial charge in [0.2, 0.25) is 0 Å². The van der Waals surface area contributed by atoms with Gasteiger partial charge < -0.3 is 4.74 Å². The second-order valence-corrected chi connectivity index (χ2v) is 11.6. The first-order chi connectivity index (χ1) is 20.1. The molecule has 41 heavy (non-hydrogen) atoms. The Kier molecular flexibility index (Phi) is 5.15. The summed E-state index contributed by atoms with van der Waals surface area (Å²) in [5.41, 5.74) is 12.1. The number of benzene rings is 6. The Morgan fingerprint density at radius 3 is 1.73 bits per heavy atom. The van der Waals surface area contributed by atoms with Crippen molar-refractivity contribution in [3.8, 4) is 33.8 Å². The molecule has 0 bridgehead atoms. The average Bonchev–Trinajstić information content (AvgIpc) is 3.30. The van der Waals surface area contributed by atoms with Crippen LogP contribution in [0, 0.1) is 0 Å². The molecule has 1 heteroatoms. The van der Waals surface area contributed by atoms with Crippen molar-refractivity contribution < 1.29 is 4.74 Å². The summed E-state index contributed by atoms with van der Waals surface area (Å²) in [6.45, 7) is 4.73. The summed E-state index contributed by atoms with van der Waals surface area (Å²) in [5, 5.41) is 0. The van der Waals surface area contributed by atoms with Gasteiger partial charge >= 0.3 is 0 Å². The summed E-state index contributed by atoms with van der Waals surface area (Å²) < 4.78 is 6.61. The number of fused-ring (bicyclic) bond motifs is 5. The molecular weight excluding hydrogens is 496 g/mol. The fraction of sp³-hybridized carbons (Fsp3) is 0.100. The zero-order chi connectivity index (χ0) is 27.6. The normalized spacial score (nSPS) is 19.9. The largest absolute Gasteiger partial charge is 0.457 e. The van der Waals surface area contributed by atoms with E-state index in [-0.39, 0.29) is 10.8 Å². The standard InChI is InChI=1S/C40H30O/c1-39(28-14-5-3-6-15-28)33-20-10-9-18-31(33)32-25-24-27(26-35(32)39)30-19-13-23-37-38(30)40(2,29-16-7-4-8-17-29)34-21-11-12-22-36(34)41-37/h3-26H,1-2H3. The second-order valence-electron chi connectivity index (χ2n) is 11.6. The van der Waals surface area contributed by atoms with Crippen LogP contribution in [0.3, 0.4) is 0 Å². The molecule has 196 valence electrons. The SMILES string of the molecule is CC1(c2ccccc2)c2ccccc2-c2ccc(-c3cccc4c3C(C)(c3ccccc3)c3ccccc3O4)cc21. The summed E-state index contributed by atoms with van der Waals surface area (Å²) in [7, 11) is 0. The molecule has 0 spiro atoms. The van der Waals surface area contributed by atoms with Gasteiger partial charge in [-0.25, -0.2) is 0 Å². The third-order valence-corrected chi connectivity index (χ3v) is 9.50. The third kappa shape index (κ3) is 3.30. The molecule has 2 aliphatic rings. The molecule has 1 aliphatic heterocycles. The van der Waals surface area contributed by atoms with Gasteiger partial charge in [-0.3, -0.25) is 0 Å². The van der Waals surface area contributed by atoms with Gasteiger partial charge in [-0.05, 0) is 76.6 Å². The van der Waals surface area contributed by atoms with Gasteiger partial charge in [0.05, 0.1) is 5.41 Å². The molecule has 6 aromatic carbocycles. The van der Waals surface area contributed by atoms with Crippen molar-refractivity contribution >= 4 is 0 Å². The highest BCUT2D eigenvalue weighted by atomic mass is 16.5. The predicted molar refractivity (Wildman–Crippen MR) is 168 cm³/mol. The molecule has 2 atom stereocenters. The molecule has 2 unspecified atom stereocenters. The molecule has 1 aliphatic carbocycles. The van der Waals surface area contributed by atoms with Crippen molar-refractivity contribution in [2.75, 3.05) is 0 Å². The summed E-state index contributed by atoms with van der Waals surface area (Å²) in [5.74, 6) is 1.84. The van der Waals surface area contributed by atoms with Crippen molar-refractivity contribution in [1.29, 1.82) is 0 Å². The molecule has 1 nitrogen and oxygen atoms in total. The number of rotatable bonds is 3. The maximum Gasteiger partial charge on any atom is 0.132 e. The van der Waals surface area contributed by atoms with E-state index in [1.807, 2.05) is 0 Å². The van der Waals surface area contributed by atoms with Gasteiger partial charge in [0, 0.05) is 16.5 Å². The topological polar surface area (TPSA) is 9.23 Å². The molecule has 6 aromatic rings. The van der Waals surface area contributed by atoms with Crippen LogP contribution in [-0.2, 0) is 10.8 Å². The number of hydrogen-bond donors (Lipinski definition) is 0. The van der Waals surface area contributed by atoms with Crippen molar-refractivity contribution in [2.24, 2.45) is 0 Å². The van der Waals surface area contributed by atoms with Gasteiger partial charge in [-0.1, -0.05) is 127 Å². The smallest absolute Gasteiger partial charge is 0.132 e. The zero-order valence-corrected chi connectivity index (χ0v) is 23.3. The van der Waals surface area contributed by atoms with Crippen molar-refractivity contribution in [2.45, 2.75) is 24.7 Å². The van der Waals surface area contributed by atoms with Gasteiger partial charge in [0.1, 0.15) is 11.5 Å². The van der Waals surface area contributed by atoms with E-state index in [9.17, 15) is 0 Å². The lowest BCUT2D eigenvalue weighted by Crippen LogP contribution is -2.30. The fourth-order valence-corrected chi connectivity index (χ4v) is 7.41. The highest BCUT2D eigenvalue weighted by Gasteiger charge is 2.43. The van der Waals surface area contributed by atoms with Crippen LogP contribution in [0.5, 0.6) is 11.5 Å². The summed E-state index contributed by atoms with van der Waals surface area (Å²) in [6.07, 6.45) is 0. The first-order valence-electron chi connectivity index (χ1n) is 14.4. The molecule has 0 fully saturated rings. The molecule has 0 saturated carbocycles. The molecule has 0 saturated heterocycles. The lowest BCUT2D eigenvalue weighted by atomic mass is 9.67. The summed E-state index contributed by atoms with van der Waals surface area (Å²) in [6, 6.07) is 52.7. The Hall–Kier alpha value is -4.88. The van der Waals surface area contributed by atoms with E-state index in [1.165, 1.54) is 55.6 Å². The third-order valence-electron chi connectivity index (χ3n) is 9.50. The zero-order valence-electron chi connectivity index (χ0n) is 23.3. The summed E-state index contributed by atoms with van der Waals surface area (Å²) >= 11 is 0. The molecule has 0 amide bonds. The fourth-order valence-electron chi connectivity index (χ4n) is 7.41. The number of hydrogen-bond acceptors (Lipinski definition) is 1. The monoisotopic (exact) mass is 526 g/mol. The Balaban J connectivity index is 1.39. The van der Waals surface area contributed by atoms with Crippen LogP contribution in [0.25, 0.3) is 22.3 Å². The molecule has 0 aromatic heterocycles. The van der Waals surface area contributed by atoms with Gasteiger partial charge in [-0.2, -0.15) is 0 Å². The summed E-state index contributed by atoms with van der Waals surface area (Å²) in [4.78, 5) is 0. The minimum atomic E-state index is -0.382. The van der Waals surface area contributed by atoms with Crippen LogP contribution in [0.2, 0.25) is 0 Å². The predicted octanol–water partition coefficient (Wildman–Crippen LogP) is 10.1. The van der Waals surface area contributed by atoms with Crippen LogP contribution < -0.4 is 4.74 Å². The van der Waals surface area contributed by atoms with Crippen LogP contribution >= 0.6 is 0 Å². The quantitative estimate of drug-likeness (QED) is 0.223. The highest BCUT2D eigenvalue weighted by molar-refractivity contribution is 5.87. The average molecular weight is 527 g/mol. The molecular formula is C40H30O. The lowest BCUT2D eigenvalue weighted by molar-refractivity contribution is 0.428. The van der Waals surface area contributed by atoms with E-state index in [4.69, 9.17) is 4.74 Å². The minimum absolute atomic E-state index is 0.246. The Bertz CT molecular complexity index is 1940. The first-order valence-corrected chi connectivity index (χ1v) is 14.4. The maximum atomic E-state index is 6.61. The Morgan fingerprint density at radius 1 is 0.415 bits per heavy atom. The minimum Gasteiger partial charge on any atom is -0.457 e. The number of ether oxygens (including phenoxy) is 1. The van der Waals surface area contributed by atoms with Crippen molar-refractivity contribution in [1.82, 2.24) is 0 Å². The number of para-hydroxylation sites is 1. The van der Waals surface area contributed by atoms with Gasteiger partial charge in [0.15, 0.2) is 0 Å². The van der Waals surface area contributed by atoms with Gasteiger partial charge in [-0.15, -0.1) is 0 Å². The van der Waals surface area contributed by atoms with Gasteiger partial charge in [0.25, 0.3) is 0 Å². The Morgan fingerprint density at radius 2 is 0.976 bits per heavy atom. The molecule has 0 N–H and O–H groups in total. The van der Waals surface area contributed by atoms with Crippen LogP contribution in [0.1, 0.15) is 47.2 Å². The molecule has 0 radical (unpaired) electrons. The van der Waals surface area contributed by atoms with Crippen molar-refractivity contribution in [3.05, 3.63) is 179 Å². The van der Waals surface area contributed by atoms with Crippen LogP contribution in [0.4, 0.5) is 0 Å². The maximum absolute atomic E-state index is 6.61. The first kappa shape index (κ1) is 24.0. The van der Waals surface area contributed by atoms with E-state index in [1.54, 1.807) is 0 Å². The molecule has 1 heterocycles. The van der Waals surface area contributed by atoms with Crippen LogP contribution in [-0.4, -0.2) is 0 Å².